The lowest BCUT2D eigenvalue weighted by atomic mass is 9.96. The molecule has 1 saturated heterocycles. The monoisotopic (exact) mass is 668 g/mol. The second kappa shape index (κ2) is 12.2. The highest BCUT2D eigenvalue weighted by atomic mass is 35.5. The molecular formula is C35H24ClF3N6O3. The summed E-state index contributed by atoms with van der Waals surface area (Å²) in [5.41, 5.74) is 7.06. The van der Waals surface area contributed by atoms with Crippen LogP contribution in [0.2, 0.25) is 5.02 Å². The van der Waals surface area contributed by atoms with E-state index in [-0.39, 0.29) is 64.3 Å². The molecule has 0 bridgehead atoms. The zero-order valence-corrected chi connectivity index (χ0v) is 25.7. The van der Waals surface area contributed by atoms with E-state index in [0.29, 0.717) is 28.5 Å². The number of carbonyl (C=O) groups excluding carboxylic acids is 3. The molecule has 3 heterocycles. The maximum atomic E-state index is 15.6. The Labute approximate surface area is 276 Å². The second-order valence-corrected chi connectivity index (χ2v) is 12.1. The van der Waals surface area contributed by atoms with Gasteiger partial charge >= 0.3 is 0 Å². The summed E-state index contributed by atoms with van der Waals surface area (Å²) in [4.78, 5) is 48.9. The number of Topliss-reactive ketones (excluding diaryl/α,β-unsaturated/α-hetero) is 1. The molecule has 1 saturated carbocycles. The van der Waals surface area contributed by atoms with Crippen LogP contribution >= 0.6 is 11.6 Å². The maximum Gasteiger partial charge on any atom is 0.269 e. The SMILES string of the molecule is NC(=O)c1nn(CC(=O)N2[C@@H]3C[C@@H]3C[C@H]2C(=O)Cc2cccc(-c3ccc(F)cc3Cl)c2F)c2ccc(C#Cc3ncc(F)cn3)cc12. The average Bonchev–Trinajstić information content (AvgIpc) is 3.57. The van der Waals surface area contributed by atoms with Crippen molar-refractivity contribution in [3.63, 3.8) is 0 Å². The number of benzene rings is 3. The van der Waals surface area contributed by atoms with Crippen molar-refractivity contribution in [1.82, 2.24) is 24.6 Å². The number of ketones is 1. The van der Waals surface area contributed by atoms with Gasteiger partial charge in [0, 0.05) is 34.5 Å². The van der Waals surface area contributed by atoms with Gasteiger partial charge in [0.25, 0.3) is 5.91 Å². The largest absolute Gasteiger partial charge is 0.364 e. The number of fused-ring (bicyclic) bond motifs is 2. The van der Waals surface area contributed by atoms with Crippen molar-refractivity contribution < 1.29 is 27.6 Å². The Morgan fingerprint density at radius 2 is 1.73 bits per heavy atom. The third kappa shape index (κ3) is 5.89. The molecule has 2 fully saturated rings. The summed E-state index contributed by atoms with van der Waals surface area (Å²) in [5, 5.41) is 4.73. The topological polar surface area (TPSA) is 124 Å². The number of primary amides is 1. The van der Waals surface area contributed by atoms with Gasteiger partial charge in [0.1, 0.15) is 18.2 Å². The molecule has 7 rings (SSSR count). The number of nitrogens with zero attached hydrogens (tertiary/aromatic N) is 5. The van der Waals surface area contributed by atoms with Crippen molar-refractivity contribution in [2.24, 2.45) is 11.7 Å². The Balaban J connectivity index is 1.12. The highest BCUT2D eigenvalue weighted by Gasteiger charge is 2.55. The number of halogens is 4. The summed E-state index contributed by atoms with van der Waals surface area (Å²) in [6.07, 6.45) is 2.96. The van der Waals surface area contributed by atoms with Crippen LogP contribution in [0, 0.1) is 35.2 Å². The molecule has 2 aliphatic rings. The van der Waals surface area contributed by atoms with E-state index in [0.717, 1.165) is 24.9 Å². The molecule has 0 unspecified atom stereocenters. The highest BCUT2D eigenvalue weighted by Crippen LogP contribution is 2.48. The fourth-order valence-electron chi connectivity index (χ4n) is 6.31. The number of hydrogen-bond donors (Lipinski definition) is 1. The van der Waals surface area contributed by atoms with Crippen molar-refractivity contribution in [2.75, 3.05) is 0 Å². The maximum absolute atomic E-state index is 15.6. The van der Waals surface area contributed by atoms with Crippen molar-refractivity contribution >= 4 is 40.1 Å². The average molecular weight is 669 g/mol. The molecule has 13 heteroatoms. The zero-order chi connectivity index (χ0) is 33.7. The second-order valence-electron chi connectivity index (χ2n) is 11.7. The molecule has 5 aromatic rings. The molecule has 9 nitrogen and oxygen atoms in total. The fraction of sp³-hybridized carbons (Fsp3) is 0.200. The zero-order valence-electron chi connectivity index (χ0n) is 25.0. The molecule has 2 N–H and O–H groups in total. The highest BCUT2D eigenvalue weighted by molar-refractivity contribution is 6.33. The summed E-state index contributed by atoms with van der Waals surface area (Å²) in [7, 11) is 0. The number of piperidine rings is 1. The molecule has 3 aromatic carbocycles. The first-order valence-electron chi connectivity index (χ1n) is 14.9. The molecular weight excluding hydrogens is 645 g/mol. The summed E-state index contributed by atoms with van der Waals surface area (Å²) >= 11 is 6.17. The molecule has 48 heavy (non-hydrogen) atoms. The molecule has 0 spiro atoms. The van der Waals surface area contributed by atoms with E-state index >= 15 is 4.39 Å². The van der Waals surface area contributed by atoms with Crippen LogP contribution in [0.15, 0.2) is 67.0 Å². The van der Waals surface area contributed by atoms with E-state index in [4.69, 9.17) is 17.3 Å². The van der Waals surface area contributed by atoms with Crippen molar-refractivity contribution in [3.8, 4) is 23.0 Å². The summed E-state index contributed by atoms with van der Waals surface area (Å²) in [6.45, 7) is -0.266. The lowest BCUT2D eigenvalue weighted by molar-refractivity contribution is -0.139. The number of likely N-dealkylation sites (tertiary alicyclic amines) is 1. The predicted octanol–water partition coefficient (Wildman–Crippen LogP) is 4.86. The number of nitrogens with two attached hydrogens (primary N) is 1. The van der Waals surface area contributed by atoms with Crippen LogP contribution in [0.5, 0.6) is 0 Å². The molecule has 1 aliphatic carbocycles. The van der Waals surface area contributed by atoms with Crippen LogP contribution in [0.1, 0.15) is 40.3 Å². The van der Waals surface area contributed by atoms with Crippen LogP contribution in [0.25, 0.3) is 22.0 Å². The van der Waals surface area contributed by atoms with E-state index < -0.39 is 29.4 Å². The molecule has 2 amide bonds. The standard InChI is InChI=1S/C35H24ClF3N6O3/c36-26-14-21(37)6-7-23(26)24-3-1-2-19(33(24)39)13-30(46)29-12-20-11-28(20)45(29)32(47)17-44-27-8-4-18(10-25(27)34(43-44)35(40)48)5-9-31-41-15-22(38)16-42-31/h1-4,6-8,10,14-16,20,28-29H,11-13,17H2,(H2,40,48)/t20-,28-,29+/m1/s1. The number of carbonyl (C=O) groups is 3. The number of rotatable bonds is 7. The van der Waals surface area contributed by atoms with Gasteiger partial charge in [-0.25, -0.2) is 23.1 Å². The molecule has 2 aromatic heterocycles. The number of aromatic nitrogens is 4. The van der Waals surface area contributed by atoms with E-state index in [1.165, 1.54) is 28.9 Å². The van der Waals surface area contributed by atoms with Crippen LogP contribution in [-0.2, 0) is 22.6 Å². The Bertz CT molecular complexity index is 2210. The minimum absolute atomic E-state index is 0.0411. The van der Waals surface area contributed by atoms with Crippen molar-refractivity contribution in [3.05, 3.63) is 112 Å². The Kier molecular flexibility index (Phi) is 7.93. The Morgan fingerprint density at radius 3 is 2.48 bits per heavy atom. The number of amides is 2. The fourth-order valence-corrected chi connectivity index (χ4v) is 6.58. The van der Waals surface area contributed by atoms with Crippen LogP contribution in [-0.4, -0.2) is 54.3 Å². The summed E-state index contributed by atoms with van der Waals surface area (Å²) in [5.74, 6) is 2.57. The van der Waals surface area contributed by atoms with E-state index in [1.54, 1.807) is 29.2 Å². The first-order chi connectivity index (χ1) is 23.1. The van der Waals surface area contributed by atoms with Gasteiger partial charge in [-0.05, 0) is 66.6 Å². The Morgan fingerprint density at radius 1 is 0.938 bits per heavy atom. The van der Waals surface area contributed by atoms with Gasteiger partial charge in [-0.2, -0.15) is 5.10 Å². The number of hydrogen-bond acceptors (Lipinski definition) is 6. The van der Waals surface area contributed by atoms with Gasteiger partial charge in [-0.3, -0.25) is 19.1 Å². The van der Waals surface area contributed by atoms with E-state index in [2.05, 4.69) is 26.9 Å². The van der Waals surface area contributed by atoms with Crippen LogP contribution in [0.4, 0.5) is 13.2 Å². The lowest BCUT2D eigenvalue weighted by Crippen LogP contribution is -2.45. The van der Waals surface area contributed by atoms with Crippen LogP contribution < -0.4 is 5.73 Å². The quantitative estimate of drug-likeness (QED) is 0.247. The lowest BCUT2D eigenvalue weighted by Gasteiger charge is -2.27. The summed E-state index contributed by atoms with van der Waals surface area (Å²) < 4.78 is 43.7. The third-order valence-corrected chi connectivity index (χ3v) is 8.95. The minimum atomic E-state index is -0.805. The summed E-state index contributed by atoms with van der Waals surface area (Å²) in [6, 6.07) is 12.3. The molecule has 0 radical (unpaired) electrons. The van der Waals surface area contributed by atoms with Crippen molar-refractivity contribution in [2.45, 2.75) is 37.9 Å². The molecule has 3 atom stereocenters. The normalized spacial score (nSPS) is 17.9. The molecule has 240 valence electrons. The van der Waals surface area contributed by atoms with Gasteiger partial charge in [-0.1, -0.05) is 35.7 Å². The van der Waals surface area contributed by atoms with Gasteiger partial charge in [0.2, 0.25) is 11.7 Å². The molecule has 1 aliphatic heterocycles. The van der Waals surface area contributed by atoms with Crippen LogP contribution in [0.3, 0.4) is 0 Å². The Hall–Kier alpha value is -5.54. The van der Waals surface area contributed by atoms with Gasteiger partial charge in [-0.15, -0.1) is 0 Å². The van der Waals surface area contributed by atoms with E-state index in [9.17, 15) is 23.2 Å². The van der Waals surface area contributed by atoms with Gasteiger partial charge in [0.05, 0.1) is 29.0 Å². The van der Waals surface area contributed by atoms with Gasteiger partial charge in [0.15, 0.2) is 17.3 Å². The first-order valence-corrected chi connectivity index (χ1v) is 15.3. The third-order valence-electron chi connectivity index (χ3n) is 8.64. The van der Waals surface area contributed by atoms with E-state index in [1.807, 2.05) is 0 Å². The first kappa shape index (κ1) is 31.1. The van der Waals surface area contributed by atoms with Crippen molar-refractivity contribution in [1.29, 1.82) is 0 Å². The van der Waals surface area contributed by atoms with Gasteiger partial charge < -0.3 is 10.6 Å². The smallest absolute Gasteiger partial charge is 0.269 e. The minimum Gasteiger partial charge on any atom is -0.364 e. The predicted molar refractivity (Wildman–Crippen MR) is 169 cm³/mol.